The van der Waals surface area contributed by atoms with E-state index in [4.69, 9.17) is 0 Å². The minimum absolute atomic E-state index is 0.147. The lowest BCUT2D eigenvalue weighted by Crippen LogP contribution is -2.62. The van der Waals surface area contributed by atoms with Gasteiger partial charge in [-0.2, -0.15) is 0 Å². The number of carbonyl (C=O) groups excluding carboxylic acids is 2. The molecule has 0 radical (unpaired) electrons. The number of fused-ring (bicyclic) bond motifs is 5. The van der Waals surface area contributed by atoms with Crippen LogP contribution in [0.4, 0.5) is 0 Å². The topological polar surface area (TPSA) is 102 Å². The number of aliphatic hydroxyl groups is 2. The fourth-order valence-electron chi connectivity index (χ4n) is 12.9. The Hall–Kier alpha value is -1.44. The highest BCUT2D eigenvalue weighted by Crippen LogP contribution is 2.69. The minimum atomic E-state index is -0.255. The van der Waals surface area contributed by atoms with Crippen molar-refractivity contribution in [2.45, 2.75) is 201 Å². The molecule has 7 heteroatoms. The van der Waals surface area contributed by atoms with Gasteiger partial charge >= 0.3 is 0 Å². The Morgan fingerprint density at radius 2 is 1.30 bits per heavy atom. The third-order valence-electron chi connectivity index (χ3n) is 16.3. The van der Waals surface area contributed by atoms with Crippen molar-refractivity contribution in [2.75, 3.05) is 33.2 Å². The van der Waals surface area contributed by atoms with Crippen LogP contribution < -0.4 is 10.6 Å². The van der Waals surface area contributed by atoms with Crippen molar-refractivity contribution in [2.24, 2.45) is 52.3 Å². The van der Waals surface area contributed by atoms with Gasteiger partial charge in [-0.1, -0.05) is 105 Å². The van der Waals surface area contributed by atoms with Crippen LogP contribution in [0, 0.1) is 52.3 Å². The van der Waals surface area contributed by atoms with E-state index < -0.39 is 0 Å². The third kappa shape index (κ3) is 13.0. The average molecular weight is 784 g/mol. The van der Waals surface area contributed by atoms with E-state index in [-0.39, 0.29) is 34.9 Å². The van der Waals surface area contributed by atoms with Crippen LogP contribution in [0.15, 0.2) is 12.2 Å². The van der Waals surface area contributed by atoms with Crippen molar-refractivity contribution in [3.63, 3.8) is 0 Å². The molecule has 11 unspecified atom stereocenters. The molecule has 0 bridgehead atoms. The number of nitrogens with one attached hydrogen (secondary N) is 2. The Bertz CT molecular complexity index is 1180. The van der Waals surface area contributed by atoms with E-state index in [1.54, 1.807) is 0 Å². The lowest BCUT2D eigenvalue weighted by molar-refractivity contribution is -0.203. The van der Waals surface area contributed by atoms with Crippen molar-refractivity contribution >= 4 is 11.8 Å². The van der Waals surface area contributed by atoms with Gasteiger partial charge < -0.3 is 25.7 Å². The van der Waals surface area contributed by atoms with E-state index in [0.29, 0.717) is 67.4 Å². The molecule has 4 aliphatic carbocycles. The van der Waals surface area contributed by atoms with E-state index in [9.17, 15) is 19.8 Å². The fourth-order valence-corrected chi connectivity index (χ4v) is 12.9. The highest BCUT2D eigenvalue weighted by Gasteiger charge is 2.64. The van der Waals surface area contributed by atoms with E-state index in [0.717, 1.165) is 58.0 Å². The highest BCUT2D eigenvalue weighted by atomic mass is 16.3. The maximum atomic E-state index is 12.9. The molecule has 0 saturated heterocycles. The number of unbranched alkanes of at least 4 members (excludes halogenated alkanes) is 11. The molecule has 0 aromatic heterocycles. The predicted molar refractivity (Wildman–Crippen MR) is 233 cm³/mol. The van der Waals surface area contributed by atoms with Gasteiger partial charge in [-0.15, -0.1) is 0 Å². The van der Waals surface area contributed by atoms with Crippen LogP contribution in [0.1, 0.15) is 189 Å². The summed E-state index contributed by atoms with van der Waals surface area (Å²) in [5, 5.41) is 28.9. The summed E-state index contributed by atoms with van der Waals surface area (Å²) in [6.07, 6.45) is 31.6. The lowest BCUT2D eigenvalue weighted by atomic mass is 9.41. The van der Waals surface area contributed by atoms with Gasteiger partial charge in [0.2, 0.25) is 11.8 Å². The molecular weight excluding hydrogens is 695 g/mol. The number of carbonyl (C=O) groups is 2. The number of allylic oxidation sites excluding steroid dienone is 2. The number of amides is 2. The van der Waals surface area contributed by atoms with Gasteiger partial charge in [0.25, 0.3) is 0 Å². The van der Waals surface area contributed by atoms with Gasteiger partial charge in [0, 0.05) is 39.0 Å². The Kier molecular flexibility index (Phi) is 20.2. The molecule has 4 saturated carbocycles. The van der Waals surface area contributed by atoms with Gasteiger partial charge in [0.1, 0.15) is 0 Å². The molecule has 7 nitrogen and oxygen atoms in total. The first-order chi connectivity index (χ1) is 27.0. The van der Waals surface area contributed by atoms with Crippen molar-refractivity contribution in [1.82, 2.24) is 15.5 Å². The zero-order valence-electron chi connectivity index (χ0n) is 37.3. The Morgan fingerprint density at radius 3 is 1.95 bits per heavy atom. The van der Waals surface area contributed by atoms with Crippen molar-refractivity contribution in [1.29, 1.82) is 0 Å². The largest absolute Gasteiger partial charge is 0.393 e. The Morgan fingerprint density at radius 1 is 0.732 bits per heavy atom. The summed E-state index contributed by atoms with van der Waals surface area (Å²) in [6.45, 7) is 14.8. The number of likely N-dealkylation sites (N-methyl/N-ethyl adjacent to an activating group) is 1. The van der Waals surface area contributed by atoms with Crippen LogP contribution in [0.5, 0.6) is 0 Å². The van der Waals surface area contributed by atoms with Crippen LogP contribution in [0.3, 0.4) is 0 Å². The van der Waals surface area contributed by atoms with E-state index >= 15 is 0 Å². The highest BCUT2D eigenvalue weighted by molar-refractivity contribution is 5.76. The van der Waals surface area contributed by atoms with Gasteiger partial charge in [0.15, 0.2) is 0 Å². The van der Waals surface area contributed by atoms with E-state index in [1.807, 2.05) is 0 Å². The SMILES string of the molecule is CCCCCCCCC=CCCCCCCCC(=O)NCCN(C)CCNC(=O)CCC(C)C1CCC2C3C(O)C(CC)C4CC(O)CCC4(C)C3CCC12C. The number of nitrogens with zero attached hydrogens (tertiary/aromatic N) is 1. The fraction of sp³-hybridized carbons (Fsp3) is 0.918. The van der Waals surface area contributed by atoms with Crippen molar-refractivity contribution in [3.8, 4) is 0 Å². The summed E-state index contributed by atoms with van der Waals surface area (Å²) in [5.41, 5.74) is 0.467. The third-order valence-corrected chi connectivity index (χ3v) is 16.3. The van der Waals surface area contributed by atoms with Crippen LogP contribution >= 0.6 is 0 Å². The average Bonchev–Trinajstić information content (AvgIpc) is 3.53. The molecule has 0 aromatic carbocycles. The predicted octanol–water partition coefficient (Wildman–Crippen LogP) is 10.2. The van der Waals surface area contributed by atoms with E-state index in [1.165, 1.54) is 96.3 Å². The molecule has 324 valence electrons. The smallest absolute Gasteiger partial charge is 0.220 e. The van der Waals surface area contributed by atoms with Gasteiger partial charge in [-0.3, -0.25) is 9.59 Å². The second-order valence-corrected chi connectivity index (χ2v) is 20.0. The number of hydrogen-bond acceptors (Lipinski definition) is 5. The molecule has 0 heterocycles. The Balaban J connectivity index is 1.03. The van der Waals surface area contributed by atoms with Crippen LogP contribution in [0.25, 0.3) is 0 Å². The van der Waals surface area contributed by atoms with E-state index in [2.05, 4.69) is 69.4 Å². The number of rotatable bonds is 26. The quantitative estimate of drug-likeness (QED) is 0.0517. The summed E-state index contributed by atoms with van der Waals surface area (Å²) in [5.74, 6) is 3.61. The summed E-state index contributed by atoms with van der Waals surface area (Å²) >= 11 is 0. The lowest BCUT2D eigenvalue weighted by Gasteiger charge is -2.64. The molecule has 0 aliphatic heterocycles. The number of aliphatic hydroxyl groups excluding tert-OH is 2. The zero-order valence-corrected chi connectivity index (χ0v) is 37.3. The van der Waals surface area contributed by atoms with Crippen LogP contribution in [-0.4, -0.2) is 72.4 Å². The molecule has 0 spiro atoms. The second kappa shape index (κ2) is 24.0. The minimum Gasteiger partial charge on any atom is -0.393 e. The molecule has 2 amide bonds. The summed E-state index contributed by atoms with van der Waals surface area (Å²) in [4.78, 5) is 27.5. The molecule has 11 atom stereocenters. The van der Waals surface area contributed by atoms with Crippen molar-refractivity contribution in [3.05, 3.63) is 12.2 Å². The first-order valence-corrected chi connectivity index (χ1v) is 24.2. The van der Waals surface area contributed by atoms with Crippen LogP contribution in [0.2, 0.25) is 0 Å². The molecular formula is C49H89N3O4. The molecule has 4 fully saturated rings. The molecule has 4 aliphatic rings. The van der Waals surface area contributed by atoms with Gasteiger partial charge in [-0.25, -0.2) is 0 Å². The monoisotopic (exact) mass is 784 g/mol. The van der Waals surface area contributed by atoms with Gasteiger partial charge in [0.05, 0.1) is 12.2 Å². The van der Waals surface area contributed by atoms with Crippen molar-refractivity contribution < 1.29 is 19.8 Å². The molecule has 56 heavy (non-hydrogen) atoms. The zero-order chi connectivity index (χ0) is 40.6. The van der Waals surface area contributed by atoms with Crippen LogP contribution in [-0.2, 0) is 9.59 Å². The number of hydrogen-bond donors (Lipinski definition) is 4. The summed E-state index contributed by atoms with van der Waals surface area (Å²) in [6, 6.07) is 0. The maximum absolute atomic E-state index is 12.9. The first-order valence-electron chi connectivity index (χ1n) is 24.2. The Labute approximate surface area is 344 Å². The molecule has 4 N–H and O–H groups in total. The first kappa shape index (κ1) is 47.2. The summed E-state index contributed by atoms with van der Waals surface area (Å²) in [7, 11) is 2.06. The summed E-state index contributed by atoms with van der Waals surface area (Å²) < 4.78 is 0. The maximum Gasteiger partial charge on any atom is 0.220 e. The standard InChI is InChI=1S/C49H89N3O4/c1-7-9-10-11-12-13-14-15-16-17-18-19-20-21-22-23-44(54)50-32-34-52(6)35-33-51-45(55)27-24-37(3)40-25-26-41-46-42(29-31-48(40,41)4)49(5)30-28-38(53)36-43(49)39(8-2)47(46)56/h15-16,37-43,46-47,53,56H,7-14,17-36H2,1-6H3,(H,50,54)(H,51,55). The molecule has 0 aromatic rings. The molecule has 4 rings (SSSR count). The van der Waals surface area contributed by atoms with Gasteiger partial charge in [-0.05, 0) is 143 Å². The second-order valence-electron chi connectivity index (χ2n) is 20.0. The normalized spacial score (nSPS) is 33.2.